The first-order chi connectivity index (χ1) is 7.34. The van der Waals surface area contributed by atoms with Crippen LogP contribution in [0.3, 0.4) is 0 Å². The number of ether oxygens (including phenoxy) is 1. The normalized spacial score (nSPS) is 10.8. The van der Waals surface area contributed by atoms with Gasteiger partial charge in [0.15, 0.2) is 0 Å². The second-order valence-electron chi connectivity index (χ2n) is 3.29. The van der Waals surface area contributed by atoms with Crippen molar-refractivity contribution in [1.29, 1.82) is 0 Å². The van der Waals surface area contributed by atoms with Crippen LogP contribution in [-0.2, 0) is 4.74 Å². The minimum absolute atomic E-state index is 0.786. The molecule has 0 aliphatic heterocycles. The van der Waals surface area contributed by atoms with E-state index in [0.717, 1.165) is 31.2 Å². The number of hydrogen-bond donors (Lipinski definition) is 1. The van der Waals surface area contributed by atoms with E-state index in [9.17, 15) is 0 Å². The summed E-state index contributed by atoms with van der Waals surface area (Å²) in [5, 5.41) is 3.32. The van der Waals surface area contributed by atoms with Gasteiger partial charge in [-0.1, -0.05) is 0 Å². The zero-order valence-corrected chi connectivity index (χ0v) is 10.2. The average molecular weight is 229 g/mol. The van der Waals surface area contributed by atoms with Crippen molar-refractivity contribution in [3.05, 3.63) is 18.1 Å². The maximum Gasteiger partial charge on any atom is 0.114 e. The molecular weight excluding hydrogens is 210 g/mol. The molecule has 0 aliphatic carbocycles. The first-order valence-corrected chi connectivity index (χ1v) is 6.19. The zero-order chi connectivity index (χ0) is 10.9. The van der Waals surface area contributed by atoms with Gasteiger partial charge in [-0.25, -0.2) is 0 Å². The molecule has 0 saturated carbocycles. The van der Waals surface area contributed by atoms with Crippen LogP contribution in [0.2, 0.25) is 0 Å². The second kappa shape index (κ2) is 7.79. The van der Waals surface area contributed by atoms with Crippen molar-refractivity contribution < 1.29 is 9.15 Å². The molecule has 3 nitrogen and oxygen atoms in total. The molecule has 0 spiro atoms. The van der Waals surface area contributed by atoms with Gasteiger partial charge in [0.05, 0.1) is 12.9 Å². The van der Waals surface area contributed by atoms with Gasteiger partial charge in [0.25, 0.3) is 0 Å². The lowest BCUT2D eigenvalue weighted by atomic mass is 10.5. The van der Waals surface area contributed by atoms with E-state index in [4.69, 9.17) is 9.15 Å². The molecule has 0 radical (unpaired) electrons. The predicted molar refractivity (Wildman–Crippen MR) is 63.5 cm³/mol. The SMILES string of the molecule is COCCNCCCSc1ccoc1C. The van der Waals surface area contributed by atoms with Crippen molar-refractivity contribution in [2.45, 2.75) is 18.2 Å². The molecule has 15 heavy (non-hydrogen) atoms. The van der Waals surface area contributed by atoms with Gasteiger partial charge in [-0.2, -0.15) is 0 Å². The van der Waals surface area contributed by atoms with Gasteiger partial charge >= 0.3 is 0 Å². The molecule has 1 rings (SSSR count). The zero-order valence-electron chi connectivity index (χ0n) is 9.41. The Hall–Kier alpha value is -0.450. The fourth-order valence-electron chi connectivity index (χ4n) is 1.20. The highest BCUT2D eigenvalue weighted by atomic mass is 32.2. The Morgan fingerprint density at radius 2 is 2.33 bits per heavy atom. The molecule has 1 aromatic heterocycles. The molecule has 1 heterocycles. The van der Waals surface area contributed by atoms with Crippen molar-refractivity contribution >= 4 is 11.8 Å². The Morgan fingerprint density at radius 1 is 1.47 bits per heavy atom. The van der Waals surface area contributed by atoms with E-state index >= 15 is 0 Å². The molecule has 1 N–H and O–H groups in total. The highest BCUT2D eigenvalue weighted by molar-refractivity contribution is 7.99. The Kier molecular flexibility index (Phi) is 6.55. The van der Waals surface area contributed by atoms with Crippen LogP contribution < -0.4 is 5.32 Å². The van der Waals surface area contributed by atoms with Crippen LogP contribution in [0, 0.1) is 6.92 Å². The van der Waals surface area contributed by atoms with Crippen molar-refractivity contribution in [3.63, 3.8) is 0 Å². The lowest BCUT2D eigenvalue weighted by Crippen LogP contribution is -2.20. The van der Waals surface area contributed by atoms with E-state index in [1.165, 1.54) is 11.3 Å². The molecule has 0 amide bonds. The lowest BCUT2D eigenvalue weighted by molar-refractivity contribution is 0.199. The van der Waals surface area contributed by atoms with Crippen LogP contribution in [0.15, 0.2) is 21.6 Å². The summed E-state index contributed by atoms with van der Waals surface area (Å²) in [7, 11) is 1.72. The lowest BCUT2D eigenvalue weighted by Gasteiger charge is -2.03. The molecule has 0 aliphatic rings. The Bertz CT molecular complexity index is 263. The number of furan rings is 1. The van der Waals surface area contributed by atoms with Crippen molar-refractivity contribution in [2.75, 3.05) is 32.6 Å². The Labute approximate surface area is 95.6 Å². The molecule has 0 atom stereocenters. The molecule has 0 bridgehead atoms. The van der Waals surface area contributed by atoms with Crippen LogP contribution in [0.25, 0.3) is 0 Å². The largest absolute Gasteiger partial charge is 0.468 e. The maximum atomic E-state index is 5.22. The van der Waals surface area contributed by atoms with Gasteiger partial charge in [-0.05, 0) is 31.7 Å². The third-order valence-electron chi connectivity index (χ3n) is 2.05. The molecule has 0 aromatic carbocycles. The number of nitrogens with one attached hydrogen (secondary N) is 1. The fraction of sp³-hybridized carbons (Fsp3) is 0.636. The van der Waals surface area contributed by atoms with Crippen molar-refractivity contribution in [1.82, 2.24) is 5.32 Å². The summed E-state index contributed by atoms with van der Waals surface area (Å²) in [4.78, 5) is 1.26. The average Bonchev–Trinajstić information content (AvgIpc) is 2.63. The van der Waals surface area contributed by atoms with Crippen molar-refractivity contribution in [2.24, 2.45) is 0 Å². The topological polar surface area (TPSA) is 34.4 Å². The first kappa shape index (κ1) is 12.6. The van der Waals surface area contributed by atoms with E-state index in [1.54, 1.807) is 13.4 Å². The summed E-state index contributed by atoms with van der Waals surface area (Å²) in [6.45, 7) is 4.77. The van der Waals surface area contributed by atoms with Gasteiger partial charge in [0.1, 0.15) is 5.76 Å². The van der Waals surface area contributed by atoms with E-state index < -0.39 is 0 Å². The molecule has 86 valence electrons. The molecule has 0 fully saturated rings. The van der Waals surface area contributed by atoms with Crippen LogP contribution in [0.5, 0.6) is 0 Å². The van der Waals surface area contributed by atoms with Crippen LogP contribution >= 0.6 is 11.8 Å². The Morgan fingerprint density at radius 3 is 3.00 bits per heavy atom. The number of rotatable bonds is 8. The number of hydrogen-bond acceptors (Lipinski definition) is 4. The van der Waals surface area contributed by atoms with E-state index in [1.807, 2.05) is 24.8 Å². The van der Waals surface area contributed by atoms with Gasteiger partial charge < -0.3 is 14.5 Å². The van der Waals surface area contributed by atoms with Crippen molar-refractivity contribution in [3.8, 4) is 0 Å². The summed E-state index contributed by atoms with van der Waals surface area (Å²) < 4.78 is 10.2. The highest BCUT2D eigenvalue weighted by Gasteiger charge is 2.00. The molecule has 0 unspecified atom stereocenters. The molecule has 4 heteroatoms. The van der Waals surface area contributed by atoms with Crippen LogP contribution in [0.1, 0.15) is 12.2 Å². The minimum Gasteiger partial charge on any atom is -0.468 e. The van der Waals surface area contributed by atoms with Gasteiger partial charge in [0.2, 0.25) is 0 Å². The maximum absolute atomic E-state index is 5.22. The third kappa shape index (κ3) is 5.25. The summed E-state index contributed by atoms with van der Waals surface area (Å²) >= 11 is 1.85. The van der Waals surface area contributed by atoms with Gasteiger partial charge in [0, 0.05) is 18.6 Å². The molecular formula is C11H19NO2S. The van der Waals surface area contributed by atoms with E-state index in [0.29, 0.717) is 0 Å². The van der Waals surface area contributed by atoms with Crippen LogP contribution in [-0.4, -0.2) is 32.6 Å². The van der Waals surface area contributed by atoms with Crippen LogP contribution in [0.4, 0.5) is 0 Å². The number of aryl methyl sites for hydroxylation is 1. The summed E-state index contributed by atoms with van der Waals surface area (Å²) in [6.07, 6.45) is 2.91. The third-order valence-corrected chi connectivity index (χ3v) is 3.28. The summed E-state index contributed by atoms with van der Waals surface area (Å²) in [5.41, 5.74) is 0. The van der Waals surface area contributed by atoms with E-state index in [2.05, 4.69) is 5.32 Å². The Balaban J connectivity index is 1.96. The van der Waals surface area contributed by atoms with Gasteiger partial charge in [-0.15, -0.1) is 11.8 Å². The second-order valence-corrected chi connectivity index (χ2v) is 4.42. The summed E-state index contributed by atoms with van der Waals surface area (Å²) in [6, 6.07) is 2.03. The first-order valence-electron chi connectivity index (χ1n) is 5.21. The van der Waals surface area contributed by atoms with E-state index in [-0.39, 0.29) is 0 Å². The highest BCUT2D eigenvalue weighted by Crippen LogP contribution is 2.23. The standard InChI is InChI=1S/C11H19NO2S/c1-10-11(4-7-14-10)15-9-3-5-12-6-8-13-2/h4,7,12H,3,5-6,8-9H2,1-2H3. The summed E-state index contributed by atoms with van der Waals surface area (Å²) in [5.74, 6) is 2.15. The minimum atomic E-state index is 0.786. The molecule has 0 saturated heterocycles. The predicted octanol–water partition coefficient (Wildman–Crippen LogP) is 2.31. The van der Waals surface area contributed by atoms with Gasteiger partial charge in [-0.3, -0.25) is 0 Å². The quantitative estimate of drug-likeness (QED) is 0.548. The molecule has 1 aromatic rings. The fourth-order valence-corrected chi connectivity index (χ4v) is 2.11. The number of methoxy groups -OCH3 is 1. The monoisotopic (exact) mass is 229 g/mol. The number of thioether (sulfide) groups is 1. The smallest absolute Gasteiger partial charge is 0.114 e.